The number of para-hydroxylation sites is 3. The number of carbonyl (C=O) groups excluding carboxylic acids is 7. The van der Waals surface area contributed by atoms with Crippen LogP contribution in [0.1, 0.15) is 142 Å². The summed E-state index contributed by atoms with van der Waals surface area (Å²) in [6.45, 7) is 32.8. The van der Waals surface area contributed by atoms with Crippen molar-refractivity contribution in [2.45, 2.75) is 149 Å². The first-order valence-electron chi connectivity index (χ1n) is 41.3. The van der Waals surface area contributed by atoms with E-state index < -0.39 is 79.3 Å². The molecule has 3 fully saturated rings. The Kier molecular flexibility index (Phi) is 30.8. The van der Waals surface area contributed by atoms with E-state index in [0.29, 0.717) is 108 Å². The molecular formula is C100H112FN3O18S2. The molecule has 7 unspecified atom stereocenters. The maximum atomic E-state index is 13.7. The number of halogens is 1. The predicted molar refractivity (Wildman–Crippen MR) is 477 cm³/mol. The van der Waals surface area contributed by atoms with Crippen LogP contribution in [0.25, 0.3) is 0 Å². The third-order valence-corrected chi connectivity index (χ3v) is 25.2. The van der Waals surface area contributed by atoms with Crippen molar-refractivity contribution in [2.75, 3.05) is 51.8 Å². The molecule has 0 spiro atoms. The summed E-state index contributed by atoms with van der Waals surface area (Å²) in [6, 6.07) is 57.1. The number of carbonyl (C=O) groups is 7. The van der Waals surface area contributed by atoms with Crippen LogP contribution in [-0.2, 0) is 44.7 Å². The first kappa shape index (κ1) is 94.2. The van der Waals surface area contributed by atoms with Crippen LogP contribution in [0.2, 0.25) is 0 Å². The van der Waals surface area contributed by atoms with Crippen molar-refractivity contribution in [3.05, 3.63) is 297 Å². The highest BCUT2D eigenvalue weighted by Crippen LogP contribution is 2.40. The van der Waals surface area contributed by atoms with E-state index in [0.717, 1.165) is 56.3 Å². The summed E-state index contributed by atoms with van der Waals surface area (Å²) in [5.74, 6) is 0.735. The molecule has 3 amide bonds. The fourth-order valence-corrected chi connectivity index (χ4v) is 16.8. The van der Waals surface area contributed by atoms with Gasteiger partial charge < -0.3 is 53.3 Å². The van der Waals surface area contributed by atoms with Gasteiger partial charge in [-0.25, -0.2) is 27.2 Å². The summed E-state index contributed by atoms with van der Waals surface area (Å²) < 4.78 is 84.1. The van der Waals surface area contributed by atoms with Crippen LogP contribution < -0.4 is 28.4 Å². The lowest BCUT2D eigenvalue weighted by Crippen LogP contribution is -2.36. The molecule has 3 heterocycles. The average Bonchev–Trinajstić information content (AvgIpc) is 1.69. The molecule has 9 aromatic carbocycles. The van der Waals surface area contributed by atoms with E-state index in [-0.39, 0.29) is 76.9 Å². The largest absolute Gasteiger partial charge is 0.509 e. The van der Waals surface area contributed by atoms with Crippen molar-refractivity contribution >= 4 is 62.0 Å². The molecule has 124 heavy (non-hydrogen) atoms. The number of amides is 3. The van der Waals surface area contributed by atoms with Gasteiger partial charge in [0.05, 0.1) is 4.90 Å². The zero-order valence-corrected chi connectivity index (χ0v) is 74.8. The second-order valence-electron chi connectivity index (χ2n) is 34.0. The van der Waals surface area contributed by atoms with Crippen molar-refractivity contribution in [3.8, 4) is 34.5 Å². The quantitative estimate of drug-likeness (QED) is 0.0340. The van der Waals surface area contributed by atoms with E-state index in [1.165, 1.54) is 55.5 Å². The monoisotopic (exact) mass is 1730 g/mol. The Balaban J connectivity index is 0.000000195. The number of Topliss-reactive ketones (excluding diaryl/α,β-unsaturated/α-hetero) is 4. The maximum Gasteiger partial charge on any atom is 0.415 e. The van der Waals surface area contributed by atoms with Crippen molar-refractivity contribution in [1.29, 1.82) is 0 Å². The molecular weight excluding hydrogens is 1610 g/mol. The molecule has 9 aromatic rings. The molecule has 0 aromatic heterocycles. The van der Waals surface area contributed by atoms with Crippen LogP contribution in [0.15, 0.2) is 235 Å². The zero-order chi connectivity index (χ0) is 90.4. The van der Waals surface area contributed by atoms with Crippen molar-refractivity contribution in [2.24, 2.45) is 35.5 Å². The van der Waals surface area contributed by atoms with Crippen molar-refractivity contribution in [3.63, 3.8) is 0 Å². The molecule has 0 radical (unpaired) electrons. The summed E-state index contributed by atoms with van der Waals surface area (Å²) in [7, 11) is -4.53. The highest BCUT2D eigenvalue weighted by atomic mass is 32.2. The van der Waals surface area contributed by atoms with Crippen LogP contribution >= 0.6 is 0 Å². The molecule has 7 atom stereocenters. The highest BCUT2D eigenvalue weighted by molar-refractivity contribution is 7.90. The van der Waals surface area contributed by atoms with Crippen LogP contribution in [0.5, 0.6) is 34.5 Å². The molecule has 3 saturated heterocycles. The normalized spacial score (nSPS) is 17.2. The number of hydrogen-bond acceptors (Lipinski definition) is 18. The zero-order valence-electron chi connectivity index (χ0n) is 73.2. The first-order valence-corrected chi connectivity index (χ1v) is 44.7. The van der Waals surface area contributed by atoms with E-state index in [1.54, 1.807) is 160 Å². The lowest BCUT2D eigenvalue weighted by Gasteiger charge is -2.27. The van der Waals surface area contributed by atoms with E-state index >= 15 is 0 Å². The Hall–Kier alpha value is -12.0. The van der Waals surface area contributed by atoms with Crippen LogP contribution in [0.3, 0.4) is 0 Å². The minimum atomic E-state index is -3.40. The minimum absolute atomic E-state index is 0.0361. The molecule has 654 valence electrons. The number of aryl methyl sites for hydroxylation is 8. The number of ketones is 4. The lowest BCUT2D eigenvalue weighted by molar-refractivity contribution is -0.129. The number of ether oxygens (including phenoxy) is 6. The van der Waals surface area contributed by atoms with Crippen molar-refractivity contribution < 1.29 is 89.2 Å². The summed E-state index contributed by atoms with van der Waals surface area (Å²) in [5, 5.41) is 19.8. The Morgan fingerprint density at radius 2 is 0.726 bits per heavy atom. The Labute approximate surface area is 729 Å². The molecule has 2 N–H and O–H groups in total. The standard InChI is InChI=1S/C34H39NO7S.C34H39NO6S.C32H34FNO5/c1-22-18-25(19-23(2)32(22)42-34(4,5)24(3)36)12-13-27-20-35(33(38)41-28-10-8-7-9-11-28)21-30(27)31(37)26-14-16-29(17-15-26)43(6,39)40;1-22-18-25(19-23(2)32(22)41-34(4,5)24(3)36)12-13-27-20-35(33(38)40-28-10-8-7-9-11-28)21-30(27)31(37)26-14-16-29(17-15-26)42(6)39;1-20-15-23(16-21(2)30(20)39-32(4,5)22(3)35)17-25-18-34(31(37)38-27-9-7-6-8-10-27)19-28(25)29(36)24-11-13-26(33)14-12-24/h7-11,14-19,27,30,36H,3,12-13,20-21H2,1-2,4-6H3;7-11,14-19,27,30,36H,3,12-13,20-21H2,1-2,4-6H3;6-16,25,28H,17-19H2,1-5H3. The fraction of sp³-hybridized carbons (Fsp3) is 0.350. The van der Waals surface area contributed by atoms with E-state index in [9.17, 15) is 60.8 Å². The summed E-state index contributed by atoms with van der Waals surface area (Å²) in [6.07, 6.45) is 4.49. The van der Waals surface area contributed by atoms with Gasteiger partial charge in [0.1, 0.15) is 51.8 Å². The number of benzene rings is 9. The summed E-state index contributed by atoms with van der Waals surface area (Å²) in [4.78, 5) is 97.7. The number of likely N-dealkylation sites (tertiary alicyclic amines) is 3. The molecule has 0 bridgehead atoms. The Morgan fingerprint density at radius 1 is 0.435 bits per heavy atom. The fourth-order valence-electron chi connectivity index (χ4n) is 15.6. The van der Waals surface area contributed by atoms with Gasteiger partial charge in [0.15, 0.2) is 49.8 Å². The second-order valence-corrected chi connectivity index (χ2v) is 37.4. The number of aliphatic hydroxyl groups is 2. The predicted octanol–water partition coefficient (Wildman–Crippen LogP) is 19.7. The molecule has 21 nitrogen and oxygen atoms in total. The topological polar surface area (TPSA) is 276 Å². The number of sulfone groups is 1. The number of nitrogens with zero attached hydrogens (tertiary/aromatic N) is 3. The van der Waals surface area contributed by atoms with Crippen LogP contribution in [-0.4, -0.2) is 148 Å². The highest BCUT2D eigenvalue weighted by Gasteiger charge is 2.44. The SMILES string of the molecule is C=C(O)C(C)(C)Oc1c(C)cc(CCC2CN(C(=O)Oc3ccccc3)CC2C(=O)c2ccc(S(C)(=O)=O)cc2)cc1C.C=C(O)C(C)(C)Oc1c(C)cc(CCC2CN(C(=O)Oc3ccccc3)CC2C(=O)c2ccc(S(C)=O)cc2)cc1C.CC(=O)C(C)(C)Oc1c(C)cc(CC2CN(C(=O)Oc3ccccc3)CC2C(=O)c2ccc(F)cc2)cc1C. The van der Waals surface area contributed by atoms with Gasteiger partial charge >= 0.3 is 18.3 Å². The van der Waals surface area contributed by atoms with Gasteiger partial charge in [-0.15, -0.1) is 0 Å². The molecule has 3 aliphatic heterocycles. The molecule has 3 aliphatic rings. The van der Waals surface area contributed by atoms with E-state index in [4.69, 9.17) is 28.4 Å². The number of hydrogen-bond donors (Lipinski definition) is 2. The number of aliphatic hydroxyl groups excluding tert-OH is 2. The van der Waals surface area contributed by atoms with Gasteiger partial charge in [-0.3, -0.25) is 23.4 Å². The molecule has 0 aliphatic carbocycles. The van der Waals surface area contributed by atoms with Crippen LogP contribution in [0.4, 0.5) is 18.8 Å². The third kappa shape index (κ3) is 24.5. The van der Waals surface area contributed by atoms with Gasteiger partial charge in [-0.05, 0) is 275 Å². The Morgan fingerprint density at radius 3 is 1.03 bits per heavy atom. The molecule has 0 saturated carbocycles. The third-order valence-electron chi connectivity index (χ3n) is 23.1. The molecule has 12 rings (SSSR count). The van der Waals surface area contributed by atoms with E-state index in [2.05, 4.69) is 25.3 Å². The van der Waals surface area contributed by atoms with E-state index in [1.807, 2.05) is 84.0 Å². The van der Waals surface area contributed by atoms with Crippen molar-refractivity contribution in [1.82, 2.24) is 14.7 Å². The van der Waals surface area contributed by atoms with Gasteiger partial charge in [0, 0.05) is 102 Å². The van der Waals surface area contributed by atoms with Gasteiger partial charge in [-0.1, -0.05) is 128 Å². The Bertz CT molecular complexity index is 5480. The van der Waals surface area contributed by atoms with Crippen LogP contribution in [0, 0.1) is 82.9 Å². The average molecular weight is 1730 g/mol. The van der Waals surface area contributed by atoms with Gasteiger partial charge in [0.2, 0.25) is 0 Å². The maximum absolute atomic E-state index is 13.7. The lowest BCUT2D eigenvalue weighted by atomic mass is 9.84. The summed E-state index contributed by atoms with van der Waals surface area (Å²) in [5.41, 5.74) is 7.21. The smallest absolute Gasteiger partial charge is 0.415 e. The second kappa shape index (κ2) is 40.5. The molecule has 24 heteroatoms. The summed E-state index contributed by atoms with van der Waals surface area (Å²) >= 11 is 0. The van der Waals surface area contributed by atoms with Gasteiger partial charge in [-0.2, -0.15) is 0 Å². The minimum Gasteiger partial charge on any atom is -0.509 e. The van der Waals surface area contributed by atoms with Gasteiger partial charge in [0.25, 0.3) is 0 Å². The first-order chi connectivity index (χ1) is 58.4. The number of rotatable bonds is 28.